The van der Waals surface area contributed by atoms with E-state index >= 15 is 0 Å². The molecule has 1 aliphatic rings. The number of hydrogen-bond acceptors (Lipinski definition) is 6. The van der Waals surface area contributed by atoms with Crippen LogP contribution in [0.25, 0.3) is 0 Å². The monoisotopic (exact) mass is 478 g/mol. The number of carboxylic acid groups (broad SMARTS) is 1. The molecule has 1 aromatic rings. The van der Waals surface area contributed by atoms with E-state index in [4.69, 9.17) is 0 Å². The minimum Gasteiger partial charge on any atom is -0.480 e. The normalized spacial score (nSPS) is 19.1. The molecule has 0 aromatic carbocycles. The summed E-state index contributed by atoms with van der Waals surface area (Å²) >= 11 is 0. The van der Waals surface area contributed by atoms with Gasteiger partial charge in [0.2, 0.25) is 17.7 Å². The number of nitrogens with zero attached hydrogens (tertiary/aromatic N) is 1. The number of aliphatic carboxylic acids is 1. The first kappa shape index (κ1) is 27.3. The number of hydrogen-bond donors (Lipinski definition) is 6. The predicted octanol–water partition coefficient (Wildman–Crippen LogP) is 0.335. The standard InChI is InChI=1S/C23H38N6O5/c1-5-14(4)19(23(33)34)29-22(32)18(10-15-11-24-12-26-15)28-21(31)17(9-13(2)3)27-20(30)16-7-6-8-25-16/h11-14,16-19,25H,5-10H2,1-4H3,(H,24,26)(H,27,30)(H,28,31)(H,29,32)(H,33,34). The summed E-state index contributed by atoms with van der Waals surface area (Å²) in [6, 6.07) is -3.29. The summed E-state index contributed by atoms with van der Waals surface area (Å²) in [5, 5.41) is 20.8. The third kappa shape index (κ3) is 8.12. The number of nitrogens with one attached hydrogen (secondary N) is 5. The molecular formula is C23H38N6O5. The molecular weight excluding hydrogens is 440 g/mol. The molecule has 0 spiro atoms. The zero-order valence-electron chi connectivity index (χ0n) is 20.4. The van der Waals surface area contributed by atoms with Crippen LogP contribution in [-0.2, 0) is 25.6 Å². The van der Waals surface area contributed by atoms with Crippen LogP contribution < -0.4 is 21.3 Å². The molecule has 2 heterocycles. The zero-order valence-corrected chi connectivity index (χ0v) is 20.4. The molecule has 0 saturated carbocycles. The van der Waals surface area contributed by atoms with Crippen LogP contribution >= 0.6 is 0 Å². The van der Waals surface area contributed by atoms with Crippen LogP contribution in [0.2, 0.25) is 0 Å². The lowest BCUT2D eigenvalue weighted by molar-refractivity contribution is -0.143. The first-order chi connectivity index (χ1) is 16.1. The number of imidazole rings is 1. The smallest absolute Gasteiger partial charge is 0.326 e. The molecule has 11 heteroatoms. The molecule has 5 unspecified atom stereocenters. The van der Waals surface area contributed by atoms with E-state index in [0.717, 1.165) is 13.0 Å². The van der Waals surface area contributed by atoms with Crippen molar-refractivity contribution in [2.75, 3.05) is 6.54 Å². The highest BCUT2D eigenvalue weighted by Gasteiger charge is 2.33. The number of aromatic nitrogens is 2. The van der Waals surface area contributed by atoms with E-state index < -0.39 is 35.9 Å². The lowest BCUT2D eigenvalue weighted by Gasteiger charge is -2.27. The molecule has 3 amide bonds. The van der Waals surface area contributed by atoms with Crippen molar-refractivity contribution in [3.63, 3.8) is 0 Å². The van der Waals surface area contributed by atoms with Crippen LogP contribution in [-0.4, -0.2) is 69.5 Å². The number of amides is 3. The zero-order chi connectivity index (χ0) is 25.3. The van der Waals surface area contributed by atoms with Crippen molar-refractivity contribution in [3.05, 3.63) is 18.2 Å². The second-order valence-electron chi connectivity index (χ2n) is 9.39. The quantitative estimate of drug-likeness (QED) is 0.238. The van der Waals surface area contributed by atoms with Gasteiger partial charge in [0, 0.05) is 18.3 Å². The summed E-state index contributed by atoms with van der Waals surface area (Å²) in [6.45, 7) is 8.23. The van der Waals surface area contributed by atoms with Gasteiger partial charge in [0.25, 0.3) is 0 Å². The highest BCUT2D eigenvalue weighted by molar-refractivity contribution is 5.94. The van der Waals surface area contributed by atoms with Crippen molar-refractivity contribution in [2.24, 2.45) is 11.8 Å². The Labute approximate surface area is 200 Å². The van der Waals surface area contributed by atoms with Gasteiger partial charge in [-0.05, 0) is 37.6 Å². The molecule has 2 rings (SSSR count). The molecule has 0 radical (unpaired) electrons. The Morgan fingerprint density at radius 1 is 1.12 bits per heavy atom. The van der Waals surface area contributed by atoms with Crippen molar-refractivity contribution >= 4 is 23.7 Å². The molecule has 34 heavy (non-hydrogen) atoms. The Kier molecular flexibility index (Phi) is 10.5. The largest absolute Gasteiger partial charge is 0.480 e. The highest BCUT2D eigenvalue weighted by Crippen LogP contribution is 2.11. The van der Waals surface area contributed by atoms with Crippen LogP contribution in [0.3, 0.4) is 0 Å². The molecule has 11 nitrogen and oxygen atoms in total. The maximum Gasteiger partial charge on any atom is 0.326 e. The number of aromatic amines is 1. The van der Waals surface area contributed by atoms with Crippen LogP contribution in [0.5, 0.6) is 0 Å². The Morgan fingerprint density at radius 3 is 2.35 bits per heavy atom. The Morgan fingerprint density at radius 2 is 1.82 bits per heavy atom. The van der Waals surface area contributed by atoms with E-state index in [0.29, 0.717) is 25.0 Å². The van der Waals surface area contributed by atoms with Gasteiger partial charge < -0.3 is 31.4 Å². The van der Waals surface area contributed by atoms with Gasteiger partial charge in [0.15, 0.2) is 0 Å². The van der Waals surface area contributed by atoms with E-state index in [1.807, 2.05) is 20.8 Å². The first-order valence-electron chi connectivity index (χ1n) is 12.0. The number of carboxylic acids is 1. The molecule has 190 valence electrons. The van der Waals surface area contributed by atoms with Crippen molar-refractivity contribution < 1.29 is 24.3 Å². The van der Waals surface area contributed by atoms with Crippen molar-refractivity contribution in [2.45, 2.75) is 84.0 Å². The van der Waals surface area contributed by atoms with E-state index in [9.17, 15) is 24.3 Å². The fraction of sp³-hybridized carbons (Fsp3) is 0.696. The van der Waals surface area contributed by atoms with Crippen molar-refractivity contribution in [1.82, 2.24) is 31.2 Å². The summed E-state index contributed by atoms with van der Waals surface area (Å²) in [7, 11) is 0. The molecule has 1 aromatic heterocycles. The molecule has 5 atom stereocenters. The topological polar surface area (TPSA) is 165 Å². The van der Waals surface area contributed by atoms with Crippen LogP contribution in [0, 0.1) is 11.8 Å². The van der Waals surface area contributed by atoms with Gasteiger partial charge in [0.05, 0.1) is 12.4 Å². The van der Waals surface area contributed by atoms with Crippen molar-refractivity contribution in [1.29, 1.82) is 0 Å². The molecule has 1 saturated heterocycles. The molecule has 0 bridgehead atoms. The van der Waals surface area contributed by atoms with Gasteiger partial charge in [-0.25, -0.2) is 9.78 Å². The van der Waals surface area contributed by atoms with Crippen molar-refractivity contribution in [3.8, 4) is 0 Å². The molecule has 0 aliphatic carbocycles. The second-order valence-corrected chi connectivity index (χ2v) is 9.39. The second kappa shape index (κ2) is 13.1. The summed E-state index contributed by atoms with van der Waals surface area (Å²) in [4.78, 5) is 57.5. The summed E-state index contributed by atoms with van der Waals surface area (Å²) in [5.41, 5.74) is 0.607. The van der Waals surface area contributed by atoms with Crippen LogP contribution in [0.15, 0.2) is 12.5 Å². The third-order valence-electron chi connectivity index (χ3n) is 6.11. The number of H-pyrrole nitrogens is 1. The number of carbonyl (C=O) groups excluding carboxylic acids is 3. The van der Waals surface area contributed by atoms with E-state index in [1.54, 1.807) is 6.92 Å². The van der Waals surface area contributed by atoms with Gasteiger partial charge in [-0.3, -0.25) is 14.4 Å². The number of carbonyl (C=O) groups is 4. The minimum absolute atomic E-state index is 0.0942. The average molecular weight is 479 g/mol. The Balaban J connectivity index is 2.17. The summed E-state index contributed by atoms with van der Waals surface area (Å²) in [6.07, 6.45) is 5.65. The summed E-state index contributed by atoms with van der Waals surface area (Å²) < 4.78 is 0. The summed E-state index contributed by atoms with van der Waals surface area (Å²) in [5.74, 6) is -2.65. The Bertz CT molecular complexity index is 822. The number of rotatable bonds is 13. The maximum absolute atomic E-state index is 13.2. The fourth-order valence-corrected chi connectivity index (χ4v) is 3.92. The van der Waals surface area contributed by atoms with Gasteiger partial charge in [0.1, 0.15) is 18.1 Å². The van der Waals surface area contributed by atoms with Gasteiger partial charge >= 0.3 is 5.97 Å². The third-order valence-corrected chi connectivity index (χ3v) is 6.11. The van der Waals surface area contributed by atoms with E-state index in [-0.39, 0.29) is 30.2 Å². The molecule has 6 N–H and O–H groups in total. The lowest BCUT2D eigenvalue weighted by atomic mass is 9.98. The van der Waals surface area contributed by atoms with E-state index in [2.05, 4.69) is 31.2 Å². The Hall–Kier alpha value is -2.95. The van der Waals surface area contributed by atoms with Gasteiger partial charge in [-0.2, -0.15) is 0 Å². The van der Waals surface area contributed by atoms with E-state index in [1.165, 1.54) is 12.5 Å². The van der Waals surface area contributed by atoms with Crippen LogP contribution in [0.1, 0.15) is 59.1 Å². The van der Waals surface area contributed by atoms with Gasteiger partial charge in [-0.1, -0.05) is 34.1 Å². The lowest BCUT2D eigenvalue weighted by Crippen LogP contribution is -2.58. The highest BCUT2D eigenvalue weighted by atomic mass is 16.4. The van der Waals surface area contributed by atoms with Crippen LogP contribution in [0.4, 0.5) is 0 Å². The first-order valence-corrected chi connectivity index (χ1v) is 12.0. The molecule has 1 fully saturated rings. The van der Waals surface area contributed by atoms with Gasteiger partial charge in [-0.15, -0.1) is 0 Å². The fourth-order valence-electron chi connectivity index (χ4n) is 3.92. The minimum atomic E-state index is -1.14. The average Bonchev–Trinajstić information content (AvgIpc) is 3.49. The predicted molar refractivity (Wildman–Crippen MR) is 126 cm³/mol. The molecule has 1 aliphatic heterocycles. The SMILES string of the molecule is CCC(C)C(NC(=O)C(Cc1cnc[nH]1)NC(=O)C(CC(C)C)NC(=O)C1CCCN1)C(=O)O. The maximum atomic E-state index is 13.2.